The summed E-state index contributed by atoms with van der Waals surface area (Å²) >= 11 is 0. The lowest BCUT2D eigenvalue weighted by Crippen LogP contribution is -2.43. The van der Waals surface area contributed by atoms with Crippen molar-refractivity contribution in [3.05, 3.63) is 47.3 Å². The minimum Gasteiger partial charge on any atom is -0.351 e. The Balaban J connectivity index is 1.54. The van der Waals surface area contributed by atoms with E-state index in [1.165, 1.54) is 12.1 Å². The van der Waals surface area contributed by atoms with Gasteiger partial charge in [-0.05, 0) is 44.4 Å². The van der Waals surface area contributed by atoms with Crippen molar-refractivity contribution in [2.24, 2.45) is 0 Å². The molecular weight excluding hydrogens is 321 g/mol. The normalized spacial score (nSPS) is 16.1. The van der Waals surface area contributed by atoms with Crippen molar-refractivity contribution in [1.29, 1.82) is 0 Å². The Hall–Kier alpha value is -2.28. The molecule has 0 saturated heterocycles. The summed E-state index contributed by atoms with van der Waals surface area (Å²) in [5.41, 5.74) is 0.863. The van der Waals surface area contributed by atoms with Crippen molar-refractivity contribution < 1.29 is 9.18 Å². The molecule has 1 amide bonds. The maximum atomic E-state index is 12.9. The van der Waals surface area contributed by atoms with Crippen molar-refractivity contribution in [3.63, 3.8) is 0 Å². The van der Waals surface area contributed by atoms with E-state index in [1.807, 2.05) is 13.8 Å². The first-order valence-corrected chi connectivity index (χ1v) is 8.75. The molecule has 0 aliphatic carbocycles. The fraction of sp³-hybridized carbons (Fsp3) is 0.500. The van der Waals surface area contributed by atoms with Crippen LogP contribution in [-0.2, 0) is 24.3 Å². The highest BCUT2D eigenvalue weighted by Crippen LogP contribution is 2.19. The molecule has 0 radical (unpaired) electrons. The van der Waals surface area contributed by atoms with E-state index >= 15 is 0 Å². The number of nitrogens with one attached hydrogen (secondary N) is 2. The molecule has 3 rings (SSSR count). The third kappa shape index (κ3) is 4.22. The predicted octanol–water partition coefficient (Wildman–Crippen LogP) is 2.11. The molecule has 2 aromatic rings. The van der Waals surface area contributed by atoms with E-state index in [4.69, 9.17) is 0 Å². The summed E-state index contributed by atoms with van der Waals surface area (Å²) in [4.78, 5) is 12.3. The van der Waals surface area contributed by atoms with E-state index in [1.54, 1.807) is 12.1 Å². The molecule has 1 aliphatic rings. The van der Waals surface area contributed by atoms with Crippen molar-refractivity contribution in [3.8, 4) is 0 Å². The highest BCUT2D eigenvalue weighted by atomic mass is 19.1. The molecule has 1 aromatic carbocycles. The molecule has 0 bridgehead atoms. The first-order chi connectivity index (χ1) is 12.0. The third-order valence-electron chi connectivity index (χ3n) is 4.55. The summed E-state index contributed by atoms with van der Waals surface area (Å²) in [6.45, 7) is 5.13. The molecule has 7 heteroatoms. The lowest BCUT2D eigenvalue weighted by atomic mass is 10.1. The van der Waals surface area contributed by atoms with Gasteiger partial charge in [0.05, 0.1) is 12.1 Å². The van der Waals surface area contributed by atoms with Gasteiger partial charge in [-0.25, -0.2) is 4.39 Å². The topological polar surface area (TPSA) is 71.8 Å². The van der Waals surface area contributed by atoms with Crippen LogP contribution in [0.5, 0.6) is 0 Å². The van der Waals surface area contributed by atoms with Crippen LogP contribution in [0.15, 0.2) is 24.3 Å². The fourth-order valence-electron chi connectivity index (χ4n) is 3.12. The van der Waals surface area contributed by atoms with Gasteiger partial charge in [0.2, 0.25) is 5.91 Å². The number of carbonyl (C=O) groups is 1. The molecule has 1 aliphatic heterocycles. The lowest BCUT2D eigenvalue weighted by Gasteiger charge is -2.21. The molecule has 1 aromatic heterocycles. The van der Waals surface area contributed by atoms with Crippen LogP contribution in [0, 0.1) is 5.82 Å². The average molecular weight is 345 g/mol. The van der Waals surface area contributed by atoms with Crippen LogP contribution in [0.4, 0.5) is 4.39 Å². The SMILES string of the molecule is C[C@H](N[C@H](C)c1nnc2n1CCCC2)C(=O)NCc1ccc(F)cc1. The zero-order valence-corrected chi connectivity index (χ0v) is 14.6. The van der Waals surface area contributed by atoms with Crippen LogP contribution in [0.1, 0.15) is 49.9 Å². The molecule has 0 fully saturated rings. The Labute approximate surface area is 146 Å². The molecule has 6 nitrogen and oxygen atoms in total. The van der Waals surface area contributed by atoms with Gasteiger partial charge in [-0.2, -0.15) is 0 Å². The number of halogens is 1. The van der Waals surface area contributed by atoms with Gasteiger partial charge < -0.3 is 9.88 Å². The summed E-state index contributed by atoms with van der Waals surface area (Å²) in [6.07, 6.45) is 3.26. The Bertz CT molecular complexity index is 728. The number of rotatable bonds is 6. The van der Waals surface area contributed by atoms with E-state index < -0.39 is 0 Å². The number of hydrogen-bond donors (Lipinski definition) is 2. The Morgan fingerprint density at radius 3 is 2.76 bits per heavy atom. The van der Waals surface area contributed by atoms with Gasteiger partial charge in [0.15, 0.2) is 0 Å². The van der Waals surface area contributed by atoms with Gasteiger partial charge in [0.25, 0.3) is 0 Å². The molecular formula is C18H24FN5O. The molecule has 25 heavy (non-hydrogen) atoms. The smallest absolute Gasteiger partial charge is 0.237 e. The molecule has 134 valence electrons. The Morgan fingerprint density at radius 2 is 2.00 bits per heavy atom. The van der Waals surface area contributed by atoms with Gasteiger partial charge in [-0.15, -0.1) is 10.2 Å². The van der Waals surface area contributed by atoms with Crippen molar-refractivity contribution >= 4 is 5.91 Å². The zero-order chi connectivity index (χ0) is 17.8. The maximum absolute atomic E-state index is 12.9. The summed E-state index contributed by atoms with van der Waals surface area (Å²) in [6, 6.07) is 5.68. The number of carbonyl (C=O) groups excluding carboxylic acids is 1. The number of benzene rings is 1. The van der Waals surface area contributed by atoms with Crippen LogP contribution >= 0.6 is 0 Å². The summed E-state index contributed by atoms with van der Waals surface area (Å²) in [7, 11) is 0. The number of aromatic nitrogens is 3. The van der Waals surface area contributed by atoms with Crippen LogP contribution in [-0.4, -0.2) is 26.7 Å². The summed E-state index contributed by atoms with van der Waals surface area (Å²) < 4.78 is 15.1. The summed E-state index contributed by atoms with van der Waals surface area (Å²) in [5, 5.41) is 14.7. The number of amides is 1. The highest BCUT2D eigenvalue weighted by Gasteiger charge is 2.23. The lowest BCUT2D eigenvalue weighted by molar-refractivity contribution is -0.123. The minimum atomic E-state index is -0.369. The predicted molar refractivity (Wildman–Crippen MR) is 92.2 cm³/mol. The van der Waals surface area contributed by atoms with Gasteiger partial charge in [0.1, 0.15) is 17.5 Å². The van der Waals surface area contributed by atoms with E-state index in [9.17, 15) is 9.18 Å². The second kappa shape index (κ2) is 7.74. The third-order valence-corrected chi connectivity index (χ3v) is 4.55. The van der Waals surface area contributed by atoms with Gasteiger partial charge in [-0.1, -0.05) is 12.1 Å². The van der Waals surface area contributed by atoms with Gasteiger partial charge in [0, 0.05) is 19.5 Å². The quantitative estimate of drug-likeness (QED) is 0.841. The van der Waals surface area contributed by atoms with Gasteiger partial charge >= 0.3 is 0 Å². The van der Waals surface area contributed by atoms with E-state index in [-0.39, 0.29) is 23.8 Å². The highest BCUT2D eigenvalue weighted by molar-refractivity contribution is 5.81. The standard InChI is InChI=1S/C18H24FN5O/c1-12(17-23-22-16-5-3-4-10-24(16)17)21-13(2)18(25)20-11-14-6-8-15(19)9-7-14/h6-9,12-13,21H,3-5,10-11H2,1-2H3,(H,20,25)/t12-,13+/m1/s1. The largest absolute Gasteiger partial charge is 0.351 e. The van der Waals surface area contributed by atoms with Crippen molar-refractivity contribution in [2.75, 3.05) is 0 Å². The van der Waals surface area contributed by atoms with Crippen LogP contribution in [0.3, 0.4) is 0 Å². The minimum absolute atomic E-state index is 0.0640. The molecule has 0 unspecified atom stereocenters. The Kier molecular flexibility index (Phi) is 5.43. The number of aryl methyl sites for hydroxylation is 1. The number of hydrogen-bond acceptors (Lipinski definition) is 4. The van der Waals surface area contributed by atoms with E-state index in [0.717, 1.165) is 43.0 Å². The van der Waals surface area contributed by atoms with Crippen LogP contribution in [0.2, 0.25) is 0 Å². The molecule has 2 atom stereocenters. The fourth-order valence-corrected chi connectivity index (χ4v) is 3.12. The van der Waals surface area contributed by atoms with Gasteiger partial charge in [-0.3, -0.25) is 10.1 Å². The average Bonchev–Trinajstić information content (AvgIpc) is 3.05. The zero-order valence-electron chi connectivity index (χ0n) is 14.6. The Morgan fingerprint density at radius 1 is 1.24 bits per heavy atom. The maximum Gasteiger partial charge on any atom is 0.237 e. The molecule has 0 saturated carbocycles. The van der Waals surface area contributed by atoms with Crippen LogP contribution in [0.25, 0.3) is 0 Å². The first-order valence-electron chi connectivity index (χ1n) is 8.75. The second-order valence-corrected chi connectivity index (χ2v) is 6.54. The summed E-state index contributed by atoms with van der Waals surface area (Å²) in [5.74, 6) is 1.53. The molecule has 2 heterocycles. The monoisotopic (exact) mass is 345 g/mol. The number of fused-ring (bicyclic) bond motifs is 1. The second-order valence-electron chi connectivity index (χ2n) is 6.54. The van der Waals surface area contributed by atoms with Crippen LogP contribution < -0.4 is 10.6 Å². The molecule has 2 N–H and O–H groups in total. The molecule has 0 spiro atoms. The van der Waals surface area contributed by atoms with Crippen molar-refractivity contribution in [2.45, 2.75) is 58.3 Å². The van der Waals surface area contributed by atoms with E-state index in [0.29, 0.717) is 6.54 Å². The van der Waals surface area contributed by atoms with Crippen molar-refractivity contribution in [1.82, 2.24) is 25.4 Å². The van der Waals surface area contributed by atoms with E-state index in [2.05, 4.69) is 25.4 Å². The number of nitrogens with zero attached hydrogens (tertiary/aromatic N) is 3. The first kappa shape index (κ1) is 17.5.